The highest BCUT2D eigenvalue weighted by atomic mass is 35.5. The monoisotopic (exact) mass is 629 g/mol. The van der Waals surface area contributed by atoms with Crippen molar-refractivity contribution in [2.75, 3.05) is 11.9 Å². The molecular weight excluding hydrogens is 601 g/mol. The molecule has 11 heteroatoms. The molecule has 0 bridgehead atoms. The number of halogens is 4. The van der Waals surface area contributed by atoms with Crippen LogP contribution in [0.25, 0.3) is 0 Å². The third kappa shape index (κ3) is 8.27. The topological polar surface area (TPSA) is 91.2 Å². The summed E-state index contributed by atoms with van der Waals surface area (Å²) in [6.45, 7) is -2.32. The number of rotatable bonds is 13. The number of para-hydroxylation sites is 2. The van der Waals surface area contributed by atoms with Crippen LogP contribution in [0.1, 0.15) is 46.0 Å². The van der Waals surface area contributed by atoms with E-state index in [1.54, 1.807) is 67.0 Å². The van der Waals surface area contributed by atoms with Gasteiger partial charge in [0, 0.05) is 18.5 Å². The molecule has 224 valence electrons. The highest BCUT2D eigenvalue weighted by molar-refractivity contribution is 6.35. The number of ether oxygens (including phenoxy) is 3. The average molecular weight is 630 g/mol. The van der Waals surface area contributed by atoms with Crippen LogP contribution in [0, 0.1) is 5.92 Å². The number of aromatic hydroxyl groups is 1. The standard InChI is InChI=1S/C32H28Cl2F2N2O5/c33-24-16-37-17-25(34)23(24)14-29(21-10-11-28(43-32(35)36)30(13-21)41-18-19-8-9-19)42-31(40)22-5-3-4-20(12-22)15-38-26-6-1-2-7-27(26)39/h1-7,10-13,16-17,19,29,32,38-39H,8-9,14-15,18H2/p+1/t29-/m0/s1. The smallest absolute Gasteiger partial charge is 0.387 e. The number of phenols is 1. The molecule has 1 aromatic heterocycles. The number of carbonyl (C=O) groups is 1. The lowest BCUT2D eigenvalue weighted by Crippen LogP contribution is -2.16. The summed E-state index contributed by atoms with van der Waals surface area (Å²) in [5.74, 6) is -0.122. The van der Waals surface area contributed by atoms with E-state index in [-0.39, 0.29) is 23.7 Å². The maximum atomic E-state index is 13.5. The molecule has 0 unspecified atom stereocenters. The lowest BCUT2D eigenvalue weighted by molar-refractivity contribution is -0.377. The molecule has 3 N–H and O–H groups in total. The molecular formula is C32H29Cl2F2N2O5+. The molecule has 0 amide bonds. The number of H-pyrrole nitrogens is 1. The van der Waals surface area contributed by atoms with Crippen LogP contribution in [0.5, 0.6) is 17.2 Å². The van der Waals surface area contributed by atoms with E-state index in [0.717, 1.165) is 18.4 Å². The minimum Gasteiger partial charge on any atom is -0.506 e. The molecule has 3 aromatic carbocycles. The van der Waals surface area contributed by atoms with Gasteiger partial charge in [0.05, 0.1) is 17.9 Å². The summed E-state index contributed by atoms with van der Waals surface area (Å²) in [5.41, 5.74) is 2.65. The number of aromatic nitrogens is 1. The fourth-order valence-corrected chi connectivity index (χ4v) is 4.97. The van der Waals surface area contributed by atoms with E-state index in [1.807, 2.05) is 6.07 Å². The predicted molar refractivity (Wildman–Crippen MR) is 158 cm³/mol. The summed E-state index contributed by atoms with van der Waals surface area (Å²) in [6.07, 6.45) is 4.34. The molecule has 5 rings (SSSR count). The molecule has 1 aliphatic rings. The zero-order valence-corrected chi connectivity index (χ0v) is 24.4. The van der Waals surface area contributed by atoms with Crippen LogP contribution >= 0.6 is 23.2 Å². The number of nitrogens with one attached hydrogen (secondary N) is 2. The van der Waals surface area contributed by atoms with Crippen molar-refractivity contribution >= 4 is 34.9 Å². The Bertz CT molecular complexity index is 1570. The number of benzene rings is 3. The fourth-order valence-electron chi connectivity index (χ4n) is 4.43. The average Bonchev–Trinajstić information content (AvgIpc) is 3.82. The summed E-state index contributed by atoms with van der Waals surface area (Å²) in [6, 6.07) is 18.2. The fraction of sp³-hybridized carbons (Fsp3) is 0.250. The Kier molecular flexibility index (Phi) is 9.84. The Morgan fingerprint density at radius 3 is 2.49 bits per heavy atom. The molecule has 0 spiro atoms. The van der Waals surface area contributed by atoms with Gasteiger partial charge in [-0.1, -0.05) is 53.5 Å². The SMILES string of the molecule is O=C(O[C@@H](Cc1c(Cl)c[nH+]cc1Cl)c1ccc(OC(F)F)c(OCC2CC2)c1)c1cccc(CNc2ccccc2O)c1. The quantitative estimate of drug-likeness (QED) is 0.117. The van der Waals surface area contributed by atoms with Crippen LogP contribution in [0.2, 0.25) is 10.0 Å². The van der Waals surface area contributed by atoms with Crippen LogP contribution in [-0.4, -0.2) is 24.3 Å². The van der Waals surface area contributed by atoms with E-state index >= 15 is 0 Å². The number of aromatic amines is 1. The molecule has 0 aliphatic heterocycles. The van der Waals surface area contributed by atoms with Crippen molar-refractivity contribution in [2.24, 2.45) is 5.92 Å². The Morgan fingerprint density at radius 2 is 1.77 bits per heavy atom. The Hall–Kier alpha value is -4.08. The van der Waals surface area contributed by atoms with Gasteiger partial charge in [-0.05, 0) is 66.3 Å². The van der Waals surface area contributed by atoms with Crippen molar-refractivity contribution in [1.82, 2.24) is 0 Å². The highest BCUT2D eigenvalue weighted by Gasteiger charge is 2.26. The predicted octanol–water partition coefficient (Wildman–Crippen LogP) is 7.66. The second-order valence-electron chi connectivity index (χ2n) is 10.1. The first kappa shape index (κ1) is 30.4. The van der Waals surface area contributed by atoms with Gasteiger partial charge in [-0.2, -0.15) is 8.78 Å². The van der Waals surface area contributed by atoms with Gasteiger partial charge in [-0.25, -0.2) is 9.78 Å². The number of anilines is 1. The lowest BCUT2D eigenvalue weighted by atomic mass is 10.0. The van der Waals surface area contributed by atoms with E-state index in [1.165, 1.54) is 6.07 Å². The number of esters is 1. The normalized spacial score (nSPS) is 13.4. The zero-order chi connectivity index (χ0) is 30.3. The second-order valence-corrected chi connectivity index (χ2v) is 11.0. The molecule has 1 saturated carbocycles. The van der Waals surface area contributed by atoms with Crippen LogP contribution in [0.15, 0.2) is 79.1 Å². The number of hydrogen-bond donors (Lipinski definition) is 2. The summed E-state index contributed by atoms with van der Waals surface area (Å²) < 4.78 is 42.8. The molecule has 1 atom stereocenters. The van der Waals surface area contributed by atoms with Gasteiger partial charge in [-0.15, -0.1) is 0 Å². The minimum absolute atomic E-state index is 0.101. The third-order valence-corrected chi connectivity index (χ3v) is 7.59. The largest absolute Gasteiger partial charge is 0.506 e. The Labute approximate surface area is 257 Å². The number of carbonyl (C=O) groups excluding carboxylic acids is 1. The molecule has 0 radical (unpaired) electrons. The molecule has 43 heavy (non-hydrogen) atoms. The van der Waals surface area contributed by atoms with Gasteiger partial charge in [0.2, 0.25) is 0 Å². The van der Waals surface area contributed by atoms with Gasteiger partial charge >= 0.3 is 12.6 Å². The van der Waals surface area contributed by atoms with Crippen molar-refractivity contribution in [2.45, 2.75) is 38.5 Å². The van der Waals surface area contributed by atoms with Crippen molar-refractivity contribution in [1.29, 1.82) is 0 Å². The molecule has 4 aromatic rings. The maximum Gasteiger partial charge on any atom is 0.387 e. The number of hydrogen-bond acceptors (Lipinski definition) is 6. The Morgan fingerprint density at radius 1 is 1.00 bits per heavy atom. The highest BCUT2D eigenvalue weighted by Crippen LogP contribution is 2.38. The van der Waals surface area contributed by atoms with Gasteiger partial charge in [0.1, 0.15) is 21.9 Å². The number of alkyl halides is 2. The van der Waals surface area contributed by atoms with Crippen molar-refractivity contribution in [3.8, 4) is 17.2 Å². The minimum atomic E-state index is -3.03. The molecule has 7 nitrogen and oxygen atoms in total. The van der Waals surface area contributed by atoms with Gasteiger partial charge in [0.15, 0.2) is 23.9 Å². The van der Waals surface area contributed by atoms with E-state index in [9.17, 15) is 18.7 Å². The summed E-state index contributed by atoms with van der Waals surface area (Å²) >= 11 is 12.9. The molecule has 0 saturated heterocycles. The first-order valence-electron chi connectivity index (χ1n) is 13.6. The van der Waals surface area contributed by atoms with E-state index in [0.29, 0.717) is 51.5 Å². The maximum absolute atomic E-state index is 13.5. The van der Waals surface area contributed by atoms with E-state index in [2.05, 4.69) is 15.0 Å². The first-order valence-corrected chi connectivity index (χ1v) is 14.4. The molecule has 1 heterocycles. The van der Waals surface area contributed by atoms with E-state index in [4.69, 9.17) is 32.7 Å². The summed E-state index contributed by atoms with van der Waals surface area (Å²) in [5, 5.41) is 13.9. The van der Waals surface area contributed by atoms with Crippen molar-refractivity contribution in [3.63, 3.8) is 0 Å². The third-order valence-electron chi connectivity index (χ3n) is 6.91. The molecule has 1 fully saturated rings. The first-order chi connectivity index (χ1) is 20.8. The van der Waals surface area contributed by atoms with E-state index < -0.39 is 18.7 Å². The van der Waals surface area contributed by atoms with Crippen LogP contribution < -0.4 is 19.8 Å². The van der Waals surface area contributed by atoms with Crippen molar-refractivity contribution < 1.29 is 37.9 Å². The molecule has 1 aliphatic carbocycles. The van der Waals surface area contributed by atoms with Crippen molar-refractivity contribution in [3.05, 3.63) is 111 Å². The van der Waals surface area contributed by atoms with Crippen LogP contribution in [-0.2, 0) is 17.7 Å². The lowest BCUT2D eigenvalue weighted by Gasteiger charge is -2.21. The van der Waals surface area contributed by atoms with Gasteiger partial charge in [-0.3, -0.25) is 0 Å². The van der Waals surface area contributed by atoms with Crippen LogP contribution in [0.4, 0.5) is 14.5 Å². The summed E-state index contributed by atoms with van der Waals surface area (Å²) in [4.78, 5) is 16.3. The van der Waals surface area contributed by atoms with Gasteiger partial charge < -0.3 is 24.6 Å². The number of phenolic OH excluding ortho intramolecular Hbond substituents is 1. The second kappa shape index (κ2) is 13.9. The van der Waals surface area contributed by atoms with Crippen LogP contribution in [0.3, 0.4) is 0 Å². The number of pyridine rings is 1. The zero-order valence-electron chi connectivity index (χ0n) is 22.9. The van der Waals surface area contributed by atoms with Gasteiger partial charge in [0.25, 0.3) is 0 Å². The Balaban J connectivity index is 1.41. The summed E-state index contributed by atoms with van der Waals surface area (Å²) in [7, 11) is 0.